The minimum atomic E-state index is -0.0940. The van der Waals surface area contributed by atoms with Gasteiger partial charge in [0.25, 0.3) is 0 Å². The monoisotopic (exact) mass is 290 g/mol. The number of nitrogens with one attached hydrogen (secondary N) is 1. The molecule has 6 heteroatoms. The van der Waals surface area contributed by atoms with Crippen LogP contribution in [0.3, 0.4) is 0 Å². The Hall–Kier alpha value is -2.14. The van der Waals surface area contributed by atoms with Crippen molar-refractivity contribution in [2.75, 3.05) is 25.5 Å². The van der Waals surface area contributed by atoms with E-state index in [1.807, 2.05) is 30.3 Å². The Bertz CT molecular complexity index is 603. The fraction of sp³-hybridized carbons (Fsp3) is 0.214. The molecule has 0 saturated heterocycles. The average Bonchev–Trinajstić information content (AvgIpc) is 2.47. The first-order chi connectivity index (χ1) is 9.60. The van der Waals surface area contributed by atoms with Gasteiger partial charge in [0, 0.05) is 25.7 Å². The van der Waals surface area contributed by atoms with E-state index in [0.717, 1.165) is 5.56 Å². The van der Waals surface area contributed by atoms with Crippen LogP contribution in [0.5, 0.6) is 0 Å². The number of benzene rings is 1. The molecular weight excluding hydrogens is 276 g/mol. The summed E-state index contributed by atoms with van der Waals surface area (Å²) in [6.07, 6.45) is 0. The third-order valence-electron chi connectivity index (χ3n) is 2.76. The summed E-state index contributed by atoms with van der Waals surface area (Å²) in [5.41, 5.74) is 0.879. The van der Waals surface area contributed by atoms with Crippen molar-refractivity contribution in [2.24, 2.45) is 0 Å². The minimum Gasteiger partial charge on any atom is -0.358 e. The van der Waals surface area contributed by atoms with Crippen molar-refractivity contribution in [3.05, 3.63) is 41.6 Å². The van der Waals surface area contributed by atoms with Crippen LogP contribution in [0, 0.1) is 0 Å². The highest BCUT2D eigenvalue weighted by molar-refractivity contribution is 6.29. The van der Waals surface area contributed by atoms with E-state index in [1.165, 1.54) is 0 Å². The lowest BCUT2D eigenvalue weighted by atomic mass is 10.2. The molecule has 104 valence electrons. The molecular formula is C14H15ClN4O. The Labute approximate surface area is 122 Å². The molecule has 0 radical (unpaired) electrons. The Kier molecular flexibility index (Phi) is 4.53. The molecule has 0 aliphatic carbocycles. The zero-order valence-electron chi connectivity index (χ0n) is 11.3. The number of halogens is 1. The Morgan fingerprint density at radius 1 is 1.30 bits per heavy atom. The maximum Gasteiger partial charge on any atom is 0.239 e. The molecule has 5 nitrogen and oxygen atoms in total. The van der Waals surface area contributed by atoms with E-state index in [9.17, 15) is 4.79 Å². The van der Waals surface area contributed by atoms with Crippen LogP contribution in [0.1, 0.15) is 0 Å². The van der Waals surface area contributed by atoms with Gasteiger partial charge in [-0.3, -0.25) is 4.79 Å². The van der Waals surface area contributed by atoms with Gasteiger partial charge < -0.3 is 10.2 Å². The Morgan fingerprint density at radius 2 is 2.00 bits per heavy atom. The molecule has 0 aliphatic rings. The number of anilines is 1. The molecule has 1 amide bonds. The number of likely N-dealkylation sites (N-methyl/N-ethyl adjacent to an activating group) is 2. The summed E-state index contributed by atoms with van der Waals surface area (Å²) in [4.78, 5) is 21.8. The van der Waals surface area contributed by atoms with Crippen molar-refractivity contribution in [2.45, 2.75) is 0 Å². The molecule has 0 bridgehead atoms. The van der Waals surface area contributed by atoms with Crippen LogP contribution in [-0.4, -0.2) is 36.5 Å². The van der Waals surface area contributed by atoms with Crippen molar-refractivity contribution in [1.82, 2.24) is 15.3 Å². The predicted octanol–water partition coefficient (Wildman–Crippen LogP) is 1.98. The molecule has 1 aromatic heterocycles. The zero-order chi connectivity index (χ0) is 14.5. The molecule has 0 spiro atoms. The summed E-state index contributed by atoms with van der Waals surface area (Å²) in [7, 11) is 3.38. The van der Waals surface area contributed by atoms with Crippen LogP contribution in [0.2, 0.25) is 5.15 Å². The lowest BCUT2D eigenvalue weighted by molar-refractivity contribution is -0.119. The van der Waals surface area contributed by atoms with E-state index >= 15 is 0 Å². The fourth-order valence-corrected chi connectivity index (χ4v) is 1.87. The van der Waals surface area contributed by atoms with Crippen molar-refractivity contribution < 1.29 is 4.79 Å². The van der Waals surface area contributed by atoms with Gasteiger partial charge in [0.15, 0.2) is 5.82 Å². The van der Waals surface area contributed by atoms with Crippen LogP contribution in [0.4, 0.5) is 5.82 Å². The zero-order valence-corrected chi connectivity index (χ0v) is 12.1. The number of carbonyl (C=O) groups is 1. The molecule has 2 rings (SSSR count). The quantitative estimate of drug-likeness (QED) is 0.875. The van der Waals surface area contributed by atoms with Crippen LogP contribution < -0.4 is 10.2 Å². The van der Waals surface area contributed by atoms with E-state index in [4.69, 9.17) is 11.6 Å². The Balaban J connectivity index is 2.32. The molecule has 0 atom stereocenters. The number of aromatic nitrogens is 2. The summed E-state index contributed by atoms with van der Waals surface area (Å²) in [5.74, 6) is 1.05. The SMILES string of the molecule is CNC(=O)CN(C)c1cc(Cl)nc(-c2ccccc2)n1. The molecule has 0 unspecified atom stereocenters. The van der Waals surface area contributed by atoms with Gasteiger partial charge in [-0.1, -0.05) is 41.9 Å². The van der Waals surface area contributed by atoms with Gasteiger partial charge in [0.1, 0.15) is 11.0 Å². The van der Waals surface area contributed by atoms with Crippen molar-refractivity contribution in [3.8, 4) is 11.4 Å². The minimum absolute atomic E-state index is 0.0940. The molecule has 0 fully saturated rings. The summed E-state index contributed by atoms with van der Waals surface area (Å²) in [6, 6.07) is 11.2. The summed E-state index contributed by atoms with van der Waals surface area (Å²) >= 11 is 6.04. The first-order valence-electron chi connectivity index (χ1n) is 6.12. The second-order valence-corrected chi connectivity index (χ2v) is 4.65. The number of nitrogens with zero attached hydrogens (tertiary/aromatic N) is 3. The highest BCUT2D eigenvalue weighted by atomic mass is 35.5. The first-order valence-corrected chi connectivity index (χ1v) is 6.49. The van der Waals surface area contributed by atoms with E-state index in [-0.39, 0.29) is 12.5 Å². The standard InChI is InChI=1S/C14H15ClN4O/c1-16-13(20)9-19(2)12-8-11(15)17-14(18-12)10-6-4-3-5-7-10/h3-8H,9H2,1-2H3,(H,16,20). The molecule has 1 heterocycles. The molecule has 1 aromatic carbocycles. The van der Waals surface area contributed by atoms with E-state index in [2.05, 4.69) is 15.3 Å². The van der Waals surface area contributed by atoms with Gasteiger partial charge in [0.2, 0.25) is 5.91 Å². The van der Waals surface area contributed by atoms with Gasteiger partial charge in [-0.15, -0.1) is 0 Å². The van der Waals surface area contributed by atoms with Crippen LogP contribution in [-0.2, 0) is 4.79 Å². The highest BCUT2D eigenvalue weighted by Gasteiger charge is 2.11. The van der Waals surface area contributed by atoms with Crippen molar-refractivity contribution >= 4 is 23.3 Å². The number of hydrogen-bond donors (Lipinski definition) is 1. The molecule has 2 aromatic rings. The van der Waals surface area contributed by atoms with Gasteiger partial charge in [-0.25, -0.2) is 9.97 Å². The number of hydrogen-bond acceptors (Lipinski definition) is 4. The third-order valence-corrected chi connectivity index (χ3v) is 2.96. The fourth-order valence-electron chi connectivity index (χ4n) is 1.69. The highest BCUT2D eigenvalue weighted by Crippen LogP contribution is 2.21. The van der Waals surface area contributed by atoms with Gasteiger partial charge in [-0.05, 0) is 0 Å². The van der Waals surface area contributed by atoms with Crippen LogP contribution in [0.25, 0.3) is 11.4 Å². The molecule has 20 heavy (non-hydrogen) atoms. The molecule has 0 aliphatic heterocycles. The second-order valence-electron chi connectivity index (χ2n) is 4.27. The van der Waals surface area contributed by atoms with Crippen molar-refractivity contribution in [3.63, 3.8) is 0 Å². The number of rotatable bonds is 4. The second kappa shape index (κ2) is 6.34. The summed E-state index contributed by atoms with van der Waals surface area (Å²) < 4.78 is 0. The van der Waals surface area contributed by atoms with Crippen LogP contribution >= 0.6 is 11.6 Å². The largest absolute Gasteiger partial charge is 0.358 e. The molecule has 0 saturated carbocycles. The lowest BCUT2D eigenvalue weighted by Crippen LogP contribution is -2.33. The van der Waals surface area contributed by atoms with Crippen LogP contribution in [0.15, 0.2) is 36.4 Å². The average molecular weight is 291 g/mol. The van der Waals surface area contributed by atoms with E-state index < -0.39 is 0 Å². The number of carbonyl (C=O) groups excluding carboxylic acids is 1. The topological polar surface area (TPSA) is 58.1 Å². The van der Waals surface area contributed by atoms with E-state index in [0.29, 0.717) is 16.8 Å². The van der Waals surface area contributed by atoms with Gasteiger partial charge >= 0.3 is 0 Å². The van der Waals surface area contributed by atoms with E-state index in [1.54, 1.807) is 25.1 Å². The lowest BCUT2D eigenvalue weighted by Gasteiger charge is -2.17. The molecule has 1 N–H and O–H groups in total. The maximum atomic E-state index is 11.4. The van der Waals surface area contributed by atoms with Gasteiger partial charge in [-0.2, -0.15) is 0 Å². The first kappa shape index (κ1) is 14.3. The van der Waals surface area contributed by atoms with Gasteiger partial charge in [0.05, 0.1) is 6.54 Å². The Morgan fingerprint density at radius 3 is 2.65 bits per heavy atom. The maximum absolute atomic E-state index is 11.4. The summed E-state index contributed by atoms with van der Waals surface area (Å²) in [6.45, 7) is 0.206. The normalized spacial score (nSPS) is 10.2. The van der Waals surface area contributed by atoms with Crippen molar-refractivity contribution in [1.29, 1.82) is 0 Å². The smallest absolute Gasteiger partial charge is 0.239 e. The third kappa shape index (κ3) is 3.45. The number of amides is 1. The predicted molar refractivity (Wildman–Crippen MR) is 79.8 cm³/mol. The summed E-state index contributed by atoms with van der Waals surface area (Å²) in [5, 5.41) is 2.91.